The molecule has 4 rings (SSSR count). The van der Waals surface area contributed by atoms with Crippen molar-refractivity contribution < 1.29 is 9.47 Å². The lowest BCUT2D eigenvalue weighted by Crippen LogP contribution is -2.00. The van der Waals surface area contributed by atoms with Crippen LogP contribution in [0.3, 0.4) is 0 Å². The van der Waals surface area contributed by atoms with Crippen molar-refractivity contribution in [1.29, 1.82) is 0 Å². The Balaban J connectivity index is 1.51. The predicted octanol–water partition coefficient (Wildman–Crippen LogP) is 15.4. The summed E-state index contributed by atoms with van der Waals surface area (Å²) in [7, 11) is 0. The van der Waals surface area contributed by atoms with Crippen molar-refractivity contribution in [3.8, 4) is 22.6 Å². The Hall–Kier alpha value is -4.04. The lowest BCUT2D eigenvalue weighted by Gasteiger charge is -2.14. The van der Waals surface area contributed by atoms with Crippen molar-refractivity contribution in [2.45, 2.75) is 130 Å². The highest BCUT2D eigenvalue weighted by atomic mass is 16.5. The zero-order valence-corrected chi connectivity index (χ0v) is 32.9. The van der Waals surface area contributed by atoms with Gasteiger partial charge in [0.15, 0.2) is 0 Å². The first-order chi connectivity index (χ1) is 25.6. The van der Waals surface area contributed by atoms with Gasteiger partial charge in [-0.3, -0.25) is 0 Å². The van der Waals surface area contributed by atoms with Crippen molar-refractivity contribution in [2.75, 3.05) is 13.2 Å². The minimum atomic E-state index is 0.745. The van der Waals surface area contributed by atoms with Crippen LogP contribution in [0.5, 0.6) is 11.5 Å². The summed E-state index contributed by atoms with van der Waals surface area (Å²) in [6, 6.07) is 30.6. The summed E-state index contributed by atoms with van der Waals surface area (Å²) in [6.07, 6.45) is 29.6. The number of benzene rings is 4. The van der Waals surface area contributed by atoms with Gasteiger partial charge in [-0.05, 0) is 78.8 Å². The summed E-state index contributed by atoms with van der Waals surface area (Å²) < 4.78 is 12.8. The summed E-state index contributed by atoms with van der Waals surface area (Å²) in [5.41, 5.74) is 9.51. The van der Waals surface area contributed by atoms with Gasteiger partial charge in [0.05, 0.1) is 13.2 Å². The second kappa shape index (κ2) is 24.2. The fourth-order valence-electron chi connectivity index (χ4n) is 6.58. The van der Waals surface area contributed by atoms with Crippen LogP contribution in [0, 0.1) is 13.8 Å². The summed E-state index contributed by atoms with van der Waals surface area (Å²) in [4.78, 5) is 0. The molecule has 0 aromatic heterocycles. The maximum absolute atomic E-state index is 6.46. The average molecular weight is 699 g/mol. The van der Waals surface area contributed by atoms with E-state index in [0.29, 0.717) is 0 Å². The van der Waals surface area contributed by atoms with E-state index in [1.807, 2.05) is 0 Å². The van der Waals surface area contributed by atoms with Gasteiger partial charge in [0.2, 0.25) is 0 Å². The molecule has 0 bridgehead atoms. The van der Waals surface area contributed by atoms with E-state index in [1.165, 1.54) is 123 Å². The minimum Gasteiger partial charge on any atom is -0.494 e. The van der Waals surface area contributed by atoms with Gasteiger partial charge >= 0.3 is 0 Å². The molecule has 4 aromatic rings. The lowest BCUT2D eigenvalue weighted by molar-refractivity contribution is 0.303. The maximum atomic E-state index is 6.46. The minimum absolute atomic E-state index is 0.745. The molecular weight excluding hydrogens is 633 g/mol. The second-order valence-electron chi connectivity index (χ2n) is 14.6. The Morgan fingerprint density at radius 3 is 1.44 bits per heavy atom. The molecular formula is C50H66O2. The van der Waals surface area contributed by atoms with E-state index in [2.05, 4.69) is 137 Å². The number of hydrogen-bond donors (Lipinski definition) is 0. The normalized spacial score (nSPS) is 11.5. The van der Waals surface area contributed by atoms with Gasteiger partial charge in [-0.2, -0.15) is 0 Å². The average Bonchev–Trinajstić information content (AvgIpc) is 3.16. The third kappa shape index (κ3) is 15.3. The SMILES string of the molecule is CCCCCCCCCCOc1ccc(-c2ccc(OCCCCCCCCCC)c(C=Cc3ccc(C)cc3)c2)c(C=Cc2ccc(C)cc2)c1. The smallest absolute Gasteiger partial charge is 0.126 e. The van der Waals surface area contributed by atoms with Crippen molar-refractivity contribution in [1.82, 2.24) is 0 Å². The molecule has 52 heavy (non-hydrogen) atoms. The molecule has 0 unspecified atom stereocenters. The number of ether oxygens (including phenoxy) is 2. The molecule has 0 atom stereocenters. The molecule has 0 aliphatic rings. The predicted molar refractivity (Wildman–Crippen MR) is 228 cm³/mol. The van der Waals surface area contributed by atoms with Crippen molar-refractivity contribution in [2.24, 2.45) is 0 Å². The van der Waals surface area contributed by atoms with E-state index in [-0.39, 0.29) is 0 Å². The van der Waals surface area contributed by atoms with Crippen LogP contribution in [0.2, 0.25) is 0 Å². The molecule has 0 aliphatic carbocycles. The Morgan fingerprint density at radius 1 is 0.423 bits per heavy atom. The highest BCUT2D eigenvalue weighted by Crippen LogP contribution is 2.34. The lowest BCUT2D eigenvalue weighted by atomic mass is 9.96. The molecule has 4 aromatic carbocycles. The van der Waals surface area contributed by atoms with E-state index in [0.717, 1.165) is 48.7 Å². The van der Waals surface area contributed by atoms with Crippen LogP contribution in [-0.4, -0.2) is 13.2 Å². The molecule has 2 nitrogen and oxygen atoms in total. The molecule has 278 valence electrons. The summed E-state index contributed by atoms with van der Waals surface area (Å²) in [6.45, 7) is 10.3. The number of aryl methyl sites for hydroxylation is 2. The monoisotopic (exact) mass is 699 g/mol. The van der Waals surface area contributed by atoms with Crippen LogP contribution in [0.4, 0.5) is 0 Å². The van der Waals surface area contributed by atoms with E-state index < -0.39 is 0 Å². The van der Waals surface area contributed by atoms with Gasteiger partial charge in [0, 0.05) is 5.56 Å². The molecule has 0 fully saturated rings. The molecule has 0 amide bonds. The Kier molecular flexibility index (Phi) is 19.0. The molecule has 0 aliphatic heterocycles. The van der Waals surface area contributed by atoms with E-state index in [1.54, 1.807) is 0 Å². The Labute approximate surface area is 317 Å². The van der Waals surface area contributed by atoms with Crippen LogP contribution < -0.4 is 9.47 Å². The number of rotatable bonds is 25. The molecule has 0 saturated heterocycles. The van der Waals surface area contributed by atoms with Crippen LogP contribution in [-0.2, 0) is 0 Å². The van der Waals surface area contributed by atoms with Crippen molar-refractivity contribution in [3.63, 3.8) is 0 Å². The van der Waals surface area contributed by atoms with Gasteiger partial charge < -0.3 is 9.47 Å². The quantitative estimate of drug-likeness (QED) is 0.0507. The third-order valence-corrected chi connectivity index (χ3v) is 9.93. The number of unbranched alkanes of at least 4 members (excludes halogenated alkanes) is 14. The third-order valence-electron chi connectivity index (χ3n) is 9.93. The molecule has 0 N–H and O–H groups in total. The van der Waals surface area contributed by atoms with Crippen molar-refractivity contribution in [3.05, 3.63) is 118 Å². The van der Waals surface area contributed by atoms with Gasteiger partial charge in [0.1, 0.15) is 11.5 Å². The topological polar surface area (TPSA) is 18.5 Å². The highest BCUT2D eigenvalue weighted by Gasteiger charge is 2.10. The second-order valence-corrected chi connectivity index (χ2v) is 14.6. The first-order valence-electron chi connectivity index (χ1n) is 20.6. The Morgan fingerprint density at radius 2 is 0.904 bits per heavy atom. The van der Waals surface area contributed by atoms with E-state index in [4.69, 9.17) is 9.47 Å². The fourth-order valence-corrected chi connectivity index (χ4v) is 6.58. The summed E-state index contributed by atoms with van der Waals surface area (Å²) >= 11 is 0. The Bertz CT molecular complexity index is 1610. The van der Waals surface area contributed by atoms with Crippen LogP contribution in [0.1, 0.15) is 150 Å². The first-order valence-corrected chi connectivity index (χ1v) is 20.6. The summed E-state index contributed by atoms with van der Waals surface area (Å²) in [5, 5.41) is 0. The number of hydrogen-bond acceptors (Lipinski definition) is 2. The molecule has 0 heterocycles. The van der Waals surface area contributed by atoms with Crippen LogP contribution in [0.25, 0.3) is 35.4 Å². The maximum Gasteiger partial charge on any atom is 0.126 e. The molecule has 2 heteroatoms. The van der Waals surface area contributed by atoms with Crippen molar-refractivity contribution >= 4 is 24.3 Å². The molecule has 0 saturated carbocycles. The largest absolute Gasteiger partial charge is 0.494 e. The van der Waals surface area contributed by atoms with Gasteiger partial charge in [0.25, 0.3) is 0 Å². The van der Waals surface area contributed by atoms with Gasteiger partial charge in [-0.25, -0.2) is 0 Å². The van der Waals surface area contributed by atoms with E-state index >= 15 is 0 Å². The summed E-state index contributed by atoms with van der Waals surface area (Å²) in [5.74, 6) is 1.87. The van der Waals surface area contributed by atoms with Gasteiger partial charge in [-0.15, -0.1) is 0 Å². The van der Waals surface area contributed by atoms with Gasteiger partial charge in [-0.1, -0.05) is 200 Å². The highest BCUT2D eigenvalue weighted by molar-refractivity contribution is 5.84. The fraction of sp³-hybridized carbons (Fsp3) is 0.440. The van der Waals surface area contributed by atoms with Crippen LogP contribution in [0.15, 0.2) is 84.9 Å². The standard InChI is InChI=1S/C50H66O2/c1-5-7-9-11-13-15-17-19-37-51-48-34-35-49(46(40-48)31-29-43-25-21-41(3)22-26-43)45-33-36-50(52-38-20-18-16-14-12-10-8-6-2)47(39-45)32-30-44-27-23-42(4)24-28-44/h21-36,39-40H,5-20,37-38H2,1-4H3. The zero-order chi connectivity index (χ0) is 36.6. The molecule has 0 radical (unpaired) electrons. The zero-order valence-electron chi connectivity index (χ0n) is 32.9. The molecule has 0 spiro atoms. The first kappa shape index (κ1) is 40.7. The van der Waals surface area contributed by atoms with E-state index in [9.17, 15) is 0 Å². The van der Waals surface area contributed by atoms with Crippen LogP contribution >= 0.6 is 0 Å².